The van der Waals surface area contributed by atoms with Crippen molar-refractivity contribution in [2.45, 2.75) is 13.3 Å². The molecule has 2 aromatic rings. The zero-order chi connectivity index (χ0) is 11.9. The maximum atomic E-state index is 11.1. The number of carbonyl (C=O) groups is 1. The molecule has 6 heteroatoms. The van der Waals surface area contributed by atoms with E-state index in [1.807, 2.05) is 6.92 Å². The molecule has 4 nitrogen and oxygen atoms in total. The van der Waals surface area contributed by atoms with Gasteiger partial charge in [0, 0.05) is 29.9 Å². The number of hydrogen-bond acceptors (Lipinski definition) is 3. The molecule has 0 N–H and O–H groups in total. The molecule has 0 aromatic carbocycles. The van der Waals surface area contributed by atoms with Crippen LogP contribution < -0.4 is 34.7 Å². The van der Waals surface area contributed by atoms with E-state index in [9.17, 15) is 9.90 Å². The van der Waals surface area contributed by atoms with Gasteiger partial charge in [0.1, 0.15) is 5.65 Å². The molecule has 0 saturated carbocycles. The van der Waals surface area contributed by atoms with Gasteiger partial charge in [0.2, 0.25) is 0 Å². The quantitative estimate of drug-likeness (QED) is 0.596. The summed E-state index contributed by atoms with van der Waals surface area (Å²) >= 11 is 5.82. The molecular formula is C11H10ClN2NaO2. The molecule has 0 aliphatic rings. The summed E-state index contributed by atoms with van der Waals surface area (Å²) in [5.41, 5.74) is 1.50. The molecule has 0 saturated heterocycles. The van der Waals surface area contributed by atoms with Crippen LogP contribution >= 0.6 is 11.6 Å². The molecule has 0 atom stereocenters. The van der Waals surface area contributed by atoms with Crippen molar-refractivity contribution < 1.29 is 39.5 Å². The van der Waals surface area contributed by atoms with Gasteiger partial charge in [0.25, 0.3) is 0 Å². The largest absolute Gasteiger partial charge is 1.00 e. The van der Waals surface area contributed by atoms with E-state index in [1.54, 1.807) is 17.7 Å². The summed E-state index contributed by atoms with van der Waals surface area (Å²) in [5, 5.41) is 12.1. The van der Waals surface area contributed by atoms with Crippen molar-refractivity contribution >= 4 is 28.6 Å². The Labute approximate surface area is 126 Å². The Morgan fingerprint density at radius 2 is 2.24 bits per heavy atom. The summed E-state index contributed by atoms with van der Waals surface area (Å²) in [7, 11) is 1.79. The van der Waals surface area contributed by atoms with Crippen molar-refractivity contribution in [3.8, 4) is 0 Å². The molecule has 0 aliphatic carbocycles. The van der Waals surface area contributed by atoms with Crippen LogP contribution in [-0.2, 0) is 13.5 Å². The van der Waals surface area contributed by atoms with Crippen molar-refractivity contribution in [3.05, 3.63) is 28.5 Å². The first-order valence-electron chi connectivity index (χ1n) is 4.90. The first-order valence-corrected chi connectivity index (χ1v) is 5.28. The fourth-order valence-corrected chi connectivity index (χ4v) is 2.13. The van der Waals surface area contributed by atoms with E-state index in [4.69, 9.17) is 11.6 Å². The Morgan fingerprint density at radius 3 is 2.76 bits per heavy atom. The zero-order valence-electron chi connectivity index (χ0n) is 9.95. The smallest absolute Gasteiger partial charge is 0.545 e. The van der Waals surface area contributed by atoms with Crippen LogP contribution in [-0.4, -0.2) is 15.5 Å². The topological polar surface area (TPSA) is 57.9 Å². The van der Waals surface area contributed by atoms with Crippen molar-refractivity contribution in [1.82, 2.24) is 9.55 Å². The fraction of sp³-hybridized carbons (Fsp3) is 0.273. The number of carbonyl (C=O) groups excluding carboxylic acids is 1. The fourth-order valence-electron chi connectivity index (χ4n) is 1.98. The first-order chi connectivity index (χ1) is 7.56. The number of aryl methyl sites for hydroxylation is 1. The van der Waals surface area contributed by atoms with E-state index < -0.39 is 5.97 Å². The molecule has 0 fully saturated rings. The second-order valence-corrected chi connectivity index (χ2v) is 3.98. The minimum atomic E-state index is -1.19. The number of halogens is 1. The van der Waals surface area contributed by atoms with Gasteiger partial charge in [-0.1, -0.05) is 18.5 Å². The summed E-state index contributed by atoms with van der Waals surface area (Å²) in [6.07, 6.45) is 2.11. The number of aromatic carboxylic acids is 1. The minimum absolute atomic E-state index is 0. The third-order valence-corrected chi connectivity index (χ3v) is 2.86. The number of rotatable bonds is 2. The van der Waals surface area contributed by atoms with E-state index in [2.05, 4.69) is 4.98 Å². The molecule has 0 amide bonds. The summed E-state index contributed by atoms with van der Waals surface area (Å²) in [6.45, 7) is 1.89. The molecular weight excluding hydrogens is 251 g/mol. The van der Waals surface area contributed by atoms with Crippen LogP contribution in [0.25, 0.3) is 11.0 Å². The van der Waals surface area contributed by atoms with E-state index in [-0.39, 0.29) is 35.1 Å². The van der Waals surface area contributed by atoms with Crippen LogP contribution in [0.2, 0.25) is 5.02 Å². The Bertz CT molecular complexity index is 580. The molecule has 2 aromatic heterocycles. The molecule has 17 heavy (non-hydrogen) atoms. The van der Waals surface area contributed by atoms with Crippen LogP contribution in [0.3, 0.4) is 0 Å². The second kappa shape index (κ2) is 5.40. The molecule has 0 bridgehead atoms. The van der Waals surface area contributed by atoms with E-state index >= 15 is 0 Å². The normalized spacial score (nSPS) is 10.3. The third-order valence-electron chi connectivity index (χ3n) is 2.65. The Hall–Kier alpha value is -0.550. The van der Waals surface area contributed by atoms with Crippen molar-refractivity contribution in [1.29, 1.82) is 0 Å². The summed E-state index contributed by atoms with van der Waals surface area (Å²) in [4.78, 5) is 15.3. The number of fused-ring (bicyclic) bond motifs is 1. The number of pyridine rings is 1. The average molecular weight is 261 g/mol. The van der Waals surface area contributed by atoms with Gasteiger partial charge in [-0.3, -0.25) is 0 Å². The van der Waals surface area contributed by atoms with Gasteiger partial charge >= 0.3 is 29.6 Å². The van der Waals surface area contributed by atoms with Crippen molar-refractivity contribution in [2.75, 3.05) is 0 Å². The standard InChI is InChI=1S/C11H11ClN2O2.Na/c1-3-8-9(11(15)16)7-4-6(12)5-13-10(7)14(8)2;/h4-5H,3H2,1-2H3,(H,15,16);/q;+1/p-1. The molecule has 0 spiro atoms. The van der Waals surface area contributed by atoms with Gasteiger partial charge in [0.15, 0.2) is 0 Å². The zero-order valence-corrected chi connectivity index (χ0v) is 12.7. The molecule has 2 heterocycles. The predicted molar refractivity (Wildman–Crippen MR) is 59.4 cm³/mol. The van der Waals surface area contributed by atoms with Crippen LogP contribution in [0.4, 0.5) is 0 Å². The maximum Gasteiger partial charge on any atom is 1.00 e. The number of aromatic nitrogens is 2. The van der Waals surface area contributed by atoms with Crippen LogP contribution in [0, 0.1) is 0 Å². The van der Waals surface area contributed by atoms with Crippen LogP contribution in [0.1, 0.15) is 23.0 Å². The molecule has 2 rings (SSSR count). The monoisotopic (exact) mass is 260 g/mol. The second-order valence-electron chi connectivity index (χ2n) is 3.55. The third kappa shape index (κ3) is 2.36. The Balaban J connectivity index is 0.00000144. The molecule has 0 unspecified atom stereocenters. The SMILES string of the molecule is CCc1c(C(=O)[O-])c2cc(Cl)cnc2n1C.[Na+]. The number of nitrogens with zero attached hydrogens (tertiary/aromatic N) is 2. The maximum absolute atomic E-state index is 11.1. The Kier molecular flexibility index (Phi) is 4.61. The van der Waals surface area contributed by atoms with E-state index in [0.717, 1.165) is 0 Å². The Morgan fingerprint density at radius 1 is 1.59 bits per heavy atom. The van der Waals surface area contributed by atoms with Gasteiger partial charge in [-0.2, -0.15) is 0 Å². The predicted octanol–water partition coefficient (Wildman–Crippen LogP) is -1.84. The van der Waals surface area contributed by atoms with E-state index in [1.165, 1.54) is 6.20 Å². The van der Waals surface area contributed by atoms with E-state index in [0.29, 0.717) is 28.2 Å². The van der Waals surface area contributed by atoms with Crippen LogP contribution in [0.5, 0.6) is 0 Å². The number of hydrogen-bond donors (Lipinski definition) is 0. The first kappa shape index (κ1) is 14.5. The average Bonchev–Trinajstić information content (AvgIpc) is 2.50. The van der Waals surface area contributed by atoms with Gasteiger partial charge < -0.3 is 14.5 Å². The van der Waals surface area contributed by atoms with Gasteiger partial charge in [-0.25, -0.2) is 4.98 Å². The van der Waals surface area contributed by atoms with Crippen LogP contribution in [0.15, 0.2) is 12.3 Å². The summed E-state index contributed by atoms with van der Waals surface area (Å²) in [5.74, 6) is -1.19. The minimum Gasteiger partial charge on any atom is -0.545 e. The molecule has 0 aliphatic heterocycles. The van der Waals surface area contributed by atoms with Crippen molar-refractivity contribution in [3.63, 3.8) is 0 Å². The molecule has 0 radical (unpaired) electrons. The van der Waals surface area contributed by atoms with Gasteiger partial charge in [-0.05, 0) is 12.5 Å². The number of carboxylic acids is 1. The number of carboxylic acid groups (broad SMARTS) is 1. The van der Waals surface area contributed by atoms with Crippen molar-refractivity contribution in [2.24, 2.45) is 7.05 Å². The van der Waals surface area contributed by atoms with Gasteiger partial charge in [0.05, 0.1) is 11.0 Å². The summed E-state index contributed by atoms with van der Waals surface area (Å²) < 4.78 is 1.76. The van der Waals surface area contributed by atoms with Gasteiger partial charge in [-0.15, -0.1) is 0 Å². The summed E-state index contributed by atoms with van der Waals surface area (Å²) in [6, 6.07) is 1.61. The molecule has 84 valence electrons.